The van der Waals surface area contributed by atoms with Gasteiger partial charge in [0.1, 0.15) is 6.04 Å². The molecule has 1 saturated carbocycles. The topological polar surface area (TPSA) is 69.6 Å². The van der Waals surface area contributed by atoms with Crippen LogP contribution in [-0.4, -0.2) is 41.1 Å². The second kappa shape index (κ2) is 5.16. The van der Waals surface area contributed by atoms with E-state index in [9.17, 15) is 9.59 Å². The van der Waals surface area contributed by atoms with Gasteiger partial charge in [0.15, 0.2) is 0 Å². The SMILES string of the molecule is CCC1(CNC(=O)N2CCC[C@@H]2C(=O)O)CCC1. The zero-order valence-corrected chi connectivity index (χ0v) is 10.9. The molecule has 102 valence electrons. The number of hydrogen-bond donors (Lipinski definition) is 2. The summed E-state index contributed by atoms with van der Waals surface area (Å²) in [6.45, 7) is 3.40. The Morgan fingerprint density at radius 3 is 2.61 bits per heavy atom. The summed E-state index contributed by atoms with van der Waals surface area (Å²) >= 11 is 0. The number of urea groups is 1. The Labute approximate surface area is 108 Å². The molecule has 1 aliphatic heterocycles. The van der Waals surface area contributed by atoms with E-state index >= 15 is 0 Å². The van der Waals surface area contributed by atoms with Gasteiger partial charge in [-0.15, -0.1) is 0 Å². The highest BCUT2D eigenvalue weighted by Crippen LogP contribution is 2.43. The molecule has 2 amide bonds. The third kappa shape index (κ3) is 2.44. The van der Waals surface area contributed by atoms with Crippen molar-refractivity contribution < 1.29 is 14.7 Å². The lowest BCUT2D eigenvalue weighted by Gasteiger charge is -2.41. The molecule has 0 bridgehead atoms. The molecule has 18 heavy (non-hydrogen) atoms. The number of hydrogen-bond acceptors (Lipinski definition) is 2. The number of carboxylic acid groups (broad SMARTS) is 1. The Morgan fingerprint density at radius 1 is 1.39 bits per heavy atom. The van der Waals surface area contributed by atoms with Crippen LogP contribution in [0.1, 0.15) is 45.4 Å². The standard InChI is InChI=1S/C13H22N2O3/c1-2-13(6-4-7-13)9-14-12(18)15-8-3-5-10(15)11(16)17/h10H,2-9H2,1H3,(H,14,18)(H,16,17)/t10-/m1/s1. The van der Waals surface area contributed by atoms with Crippen LogP contribution in [0.3, 0.4) is 0 Å². The van der Waals surface area contributed by atoms with Gasteiger partial charge in [0, 0.05) is 13.1 Å². The van der Waals surface area contributed by atoms with Gasteiger partial charge in [0.25, 0.3) is 0 Å². The van der Waals surface area contributed by atoms with Gasteiger partial charge >= 0.3 is 12.0 Å². The second-order valence-electron chi connectivity index (χ2n) is 5.56. The van der Waals surface area contributed by atoms with Crippen molar-refractivity contribution in [1.29, 1.82) is 0 Å². The number of nitrogens with one attached hydrogen (secondary N) is 1. The number of carbonyl (C=O) groups is 2. The molecule has 0 aromatic carbocycles. The summed E-state index contributed by atoms with van der Waals surface area (Å²) in [4.78, 5) is 24.5. The van der Waals surface area contributed by atoms with Crippen molar-refractivity contribution in [3.8, 4) is 0 Å². The number of rotatable bonds is 4. The highest BCUT2D eigenvalue weighted by Gasteiger charge is 2.38. The highest BCUT2D eigenvalue weighted by molar-refractivity contribution is 5.83. The number of carboxylic acids is 1. The molecule has 1 atom stereocenters. The maximum atomic E-state index is 12.0. The minimum absolute atomic E-state index is 0.209. The van der Waals surface area contributed by atoms with Crippen molar-refractivity contribution in [3.63, 3.8) is 0 Å². The fourth-order valence-electron chi connectivity index (χ4n) is 2.96. The van der Waals surface area contributed by atoms with E-state index in [0.717, 1.165) is 12.8 Å². The molecule has 0 spiro atoms. The molecular formula is C13H22N2O3. The first-order chi connectivity index (χ1) is 8.58. The van der Waals surface area contributed by atoms with Crippen molar-refractivity contribution in [2.24, 2.45) is 5.41 Å². The Hall–Kier alpha value is -1.26. The first kappa shape index (κ1) is 13.2. The van der Waals surface area contributed by atoms with E-state index in [-0.39, 0.29) is 11.4 Å². The molecule has 1 aliphatic carbocycles. The minimum atomic E-state index is -0.892. The van der Waals surface area contributed by atoms with Gasteiger partial charge in [0.05, 0.1) is 0 Å². The van der Waals surface area contributed by atoms with Gasteiger partial charge < -0.3 is 15.3 Å². The fraction of sp³-hybridized carbons (Fsp3) is 0.846. The molecule has 2 rings (SSSR count). The lowest BCUT2D eigenvalue weighted by atomic mass is 9.67. The first-order valence-corrected chi connectivity index (χ1v) is 6.85. The van der Waals surface area contributed by atoms with Crippen molar-refractivity contribution in [3.05, 3.63) is 0 Å². The molecule has 2 N–H and O–H groups in total. The van der Waals surface area contributed by atoms with Crippen molar-refractivity contribution in [2.75, 3.05) is 13.1 Å². The van der Waals surface area contributed by atoms with E-state index in [0.29, 0.717) is 19.5 Å². The maximum absolute atomic E-state index is 12.0. The first-order valence-electron chi connectivity index (χ1n) is 6.85. The quantitative estimate of drug-likeness (QED) is 0.804. The molecule has 0 unspecified atom stereocenters. The van der Waals surface area contributed by atoms with E-state index in [2.05, 4.69) is 12.2 Å². The molecular weight excluding hydrogens is 232 g/mol. The summed E-state index contributed by atoms with van der Waals surface area (Å²) in [6.07, 6.45) is 6.02. The molecule has 5 heteroatoms. The van der Waals surface area contributed by atoms with Gasteiger partial charge in [0.2, 0.25) is 0 Å². The van der Waals surface area contributed by atoms with Crippen LogP contribution in [-0.2, 0) is 4.79 Å². The lowest BCUT2D eigenvalue weighted by molar-refractivity contribution is -0.141. The number of likely N-dealkylation sites (tertiary alicyclic amines) is 1. The third-order valence-corrected chi connectivity index (χ3v) is 4.58. The van der Waals surface area contributed by atoms with Crippen LogP contribution in [0.4, 0.5) is 4.79 Å². The van der Waals surface area contributed by atoms with Crippen LogP contribution in [0.5, 0.6) is 0 Å². The molecule has 1 saturated heterocycles. The van der Waals surface area contributed by atoms with Crippen molar-refractivity contribution in [1.82, 2.24) is 10.2 Å². The normalized spacial score (nSPS) is 25.6. The summed E-state index contributed by atoms with van der Waals surface area (Å²) < 4.78 is 0. The largest absolute Gasteiger partial charge is 0.480 e. The summed E-state index contributed by atoms with van der Waals surface area (Å²) in [7, 11) is 0. The molecule has 0 aromatic rings. The fourth-order valence-corrected chi connectivity index (χ4v) is 2.96. The number of nitrogens with zero attached hydrogens (tertiary/aromatic N) is 1. The van der Waals surface area contributed by atoms with Gasteiger partial charge in [-0.25, -0.2) is 9.59 Å². The average Bonchev–Trinajstić information content (AvgIpc) is 2.76. The zero-order chi connectivity index (χ0) is 13.2. The summed E-state index contributed by atoms with van der Waals surface area (Å²) in [6, 6.07) is -0.844. The predicted molar refractivity (Wildman–Crippen MR) is 67.3 cm³/mol. The molecule has 0 radical (unpaired) electrons. The number of amides is 2. The number of carbonyl (C=O) groups excluding carboxylic acids is 1. The van der Waals surface area contributed by atoms with Gasteiger partial charge in [-0.2, -0.15) is 0 Å². The average molecular weight is 254 g/mol. The molecule has 2 fully saturated rings. The molecule has 1 heterocycles. The van der Waals surface area contributed by atoms with Crippen LogP contribution in [0.2, 0.25) is 0 Å². The minimum Gasteiger partial charge on any atom is -0.480 e. The Morgan fingerprint density at radius 2 is 2.11 bits per heavy atom. The van der Waals surface area contributed by atoms with Gasteiger partial charge in [-0.3, -0.25) is 0 Å². The monoisotopic (exact) mass is 254 g/mol. The summed E-state index contributed by atoms with van der Waals surface area (Å²) in [5.74, 6) is -0.892. The van der Waals surface area contributed by atoms with Crippen LogP contribution in [0.25, 0.3) is 0 Å². The van der Waals surface area contributed by atoms with Gasteiger partial charge in [-0.1, -0.05) is 13.3 Å². The molecule has 5 nitrogen and oxygen atoms in total. The van der Waals surface area contributed by atoms with Crippen LogP contribution >= 0.6 is 0 Å². The Balaban J connectivity index is 1.86. The smallest absolute Gasteiger partial charge is 0.326 e. The van der Waals surface area contributed by atoms with Crippen LogP contribution in [0.15, 0.2) is 0 Å². The molecule has 0 aromatic heterocycles. The third-order valence-electron chi connectivity index (χ3n) is 4.58. The Kier molecular flexibility index (Phi) is 3.78. The Bertz CT molecular complexity index is 334. The van der Waals surface area contributed by atoms with E-state index in [1.807, 2.05) is 0 Å². The summed E-state index contributed by atoms with van der Waals surface area (Å²) in [5, 5.41) is 12.0. The lowest BCUT2D eigenvalue weighted by Crippen LogP contribution is -2.50. The van der Waals surface area contributed by atoms with E-state index in [4.69, 9.17) is 5.11 Å². The predicted octanol–water partition coefficient (Wildman–Crippen LogP) is 1.83. The number of aliphatic carboxylic acids is 1. The van der Waals surface area contributed by atoms with Crippen LogP contribution < -0.4 is 5.32 Å². The van der Waals surface area contributed by atoms with E-state index < -0.39 is 12.0 Å². The second-order valence-corrected chi connectivity index (χ2v) is 5.56. The maximum Gasteiger partial charge on any atom is 0.326 e. The van der Waals surface area contributed by atoms with E-state index in [1.54, 1.807) is 0 Å². The zero-order valence-electron chi connectivity index (χ0n) is 10.9. The van der Waals surface area contributed by atoms with Crippen molar-refractivity contribution >= 4 is 12.0 Å². The van der Waals surface area contributed by atoms with Crippen LogP contribution in [0, 0.1) is 5.41 Å². The van der Waals surface area contributed by atoms with Crippen molar-refractivity contribution in [2.45, 2.75) is 51.5 Å². The molecule has 2 aliphatic rings. The van der Waals surface area contributed by atoms with Gasteiger partial charge in [-0.05, 0) is 37.5 Å². The van der Waals surface area contributed by atoms with E-state index in [1.165, 1.54) is 24.2 Å². The summed E-state index contributed by atoms with van der Waals surface area (Å²) in [5.41, 5.74) is 0.272. The highest BCUT2D eigenvalue weighted by atomic mass is 16.4.